The summed E-state index contributed by atoms with van der Waals surface area (Å²) < 4.78 is 32.2. The smallest absolute Gasteiger partial charge is 0.477 e. The number of nitrogens with zero attached hydrogens (tertiary/aromatic N) is 1. The summed E-state index contributed by atoms with van der Waals surface area (Å²) in [5, 5.41) is 20.4. The highest BCUT2D eigenvalue weighted by molar-refractivity contribution is 7.43. The largest absolute Gasteiger partial charge is 0.543 e. The predicted octanol–water partition coefficient (Wildman–Crippen LogP) is 5.75. The Hall–Kier alpha value is -3.43. The van der Waals surface area contributed by atoms with Crippen LogP contribution in [0.1, 0.15) is 37.6 Å². The Labute approximate surface area is 217 Å². The van der Waals surface area contributed by atoms with E-state index in [1.54, 1.807) is 19.9 Å². The first kappa shape index (κ1) is 28.1. The number of hydrogen-bond acceptors (Lipinski definition) is 5. The fraction of sp³-hybridized carbons (Fsp3) is 0.310. The summed E-state index contributed by atoms with van der Waals surface area (Å²) in [6, 6.07) is 17.9. The van der Waals surface area contributed by atoms with Crippen molar-refractivity contribution in [3.63, 3.8) is 0 Å². The topological polar surface area (TPSA) is 96.7 Å². The van der Waals surface area contributed by atoms with Gasteiger partial charge in [0.15, 0.2) is 5.60 Å². The molecular formula is C29H30FNO5P+. The zero-order valence-corrected chi connectivity index (χ0v) is 22.1. The van der Waals surface area contributed by atoms with Crippen LogP contribution in [0.15, 0.2) is 66.7 Å². The standard InChI is InChI=1S/C29H29FNO5P/c1-5-22-13-16-25(31-26(22)23-9-7-6-8-10-23)28(34,19-21-11-14-24(30)15-12-21)29(27(32)33,37(35)36-4)18-17-20(2)3/h6-16,20,34H,5,19H2,1-4H3/p+1. The van der Waals surface area contributed by atoms with Gasteiger partial charge in [-0.1, -0.05) is 75.2 Å². The number of aryl methyl sites for hydroxylation is 1. The fourth-order valence-electron chi connectivity index (χ4n) is 4.15. The number of aliphatic carboxylic acids is 1. The molecule has 0 bridgehead atoms. The Morgan fingerprint density at radius 1 is 1.11 bits per heavy atom. The van der Waals surface area contributed by atoms with Gasteiger partial charge in [-0.05, 0) is 46.2 Å². The Kier molecular flexibility index (Phi) is 8.94. The van der Waals surface area contributed by atoms with Gasteiger partial charge in [-0.15, -0.1) is 4.52 Å². The molecule has 1 heterocycles. The number of pyridine rings is 1. The van der Waals surface area contributed by atoms with Gasteiger partial charge in [0.2, 0.25) is 0 Å². The average Bonchev–Trinajstić information content (AvgIpc) is 2.89. The van der Waals surface area contributed by atoms with Crippen molar-refractivity contribution in [1.29, 1.82) is 0 Å². The van der Waals surface area contributed by atoms with Crippen LogP contribution in [0.25, 0.3) is 11.3 Å². The minimum absolute atomic E-state index is 0.0336. The third kappa shape index (κ3) is 5.62. The first-order chi connectivity index (χ1) is 17.6. The Morgan fingerprint density at radius 3 is 2.30 bits per heavy atom. The predicted molar refractivity (Wildman–Crippen MR) is 141 cm³/mol. The van der Waals surface area contributed by atoms with Crippen LogP contribution in [0, 0.1) is 23.6 Å². The van der Waals surface area contributed by atoms with Crippen LogP contribution < -0.4 is 0 Å². The van der Waals surface area contributed by atoms with Crippen LogP contribution in [0.5, 0.6) is 0 Å². The minimum Gasteiger partial charge on any atom is -0.477 e. The van der Waals surface area contributed by atoms with E-state index in [1.807, 2.05) is 37.3 Å². The Morgan fingerprint density at radius 2 is 1.76 bits per heavy atom. The molecule has 0 radical (unpaired) electrons. The van der Waals surface area contributed by atoms with E-state index in [9.17, 15) is 24.0 Å². The molecule has 3 atom stereocenters. The number of aliphatic hydroxyl groups is 1. The molecule has 0 saturated heterocycles. The number of benzene rings is 2. The zero-order chi connectivity index (χ0) is 27.2. The molecule has 0 fully saturated rings. The highest BCUT2D eigenvalue weighted by Crippen LogP contribution is 2.53. The van der Waals surface area contributed by atoms with E-state index in [0.717, 1.165) is 18.2 Å². The fourth-order valence-corrected chi connectivity index (χ4v) is 5.23. The number of carboxylic acid groups (broad SMARTS) is 1. The van der Waals surface area contributed by atoms with Crippen LogP contribution in [0.2, 0.25) is 0 Å². The summed E-state index contributed by atoms with van der Waals surface area (Å²) in [6.45, 7) is 5.46. The molecule has 2 aromatic carbocycles. The molecule has 6 nitrogen and oxygen atoms in total. The molecule has 0 aliphatic rings. The van der Waals surface area contributed by atoms with Crippen LogP contribution in [-0.4, -0.2) is 33.4 Å². The van der Waals surface area contributed by atoms with Crippen LogP contribution in [0.4, 0.5) is 4.39 Å². The Balaban J connectivity index is 2.41. The number of hydrogen-bond donors (Lipinski definition) is 2. The second kappa shape index (κ2) is 11.7. The molecule has 3 unspecified atom stereocenters. The second-order valence-electron chi connectivity index (χ2n) is 8.97. The van der Waals surface area contributed by atoms with Gasteiger partial charge in [0.1, 0.15) is 5.82 Å². The van der Waals surface area contributed by atoms with Gasteiger partial charge in [-0.25, -0.2) is 14.2 Å². The Bertz CT molecular complexity index is 1330. The van der Waals surface area contributed by atoms with Crippen molar-refractivity contribution >= 4 is 14.0 Å². The lowest BCUT2D eigenvalue weighted by atomic mass is 9.78. The van der Waals surface area contributed by atoms with Gasteiger partial charge in [-0.2, -0.15) is 0 Å². The maximum Gasteiger partial charge on any atom is 0.543 e. The first-order valence-electron chi connectivity index (χ1n) is 11.9. The second-order valence-corrected chi connectivity index (χ2v) is 10.5. The lowest BCUT2D eigenvalue weighted by Gasteiger charge is -2.33. The van der Waals surface area contributed by atoms with Crippen LogP contribution >= 0.6 is 8.03 Å². The lowest BCUT2D eigenvalue weighted by molar-refractivity contribution is -0.146. The number of aromatic nitrogens is 1. The van der Waals surface area contributed by atoms with E-state index in [4.69, 9.17) is 9.51 Å². The number of carbonyl (C=O) groups is 1. The van der Waals surface area contributed by atoms with E-state index in [-0.39, 0.29) is 18.0 Å². The van der Waals surface area contributed by atoms with Crippen molar-refractivity contribution in [3.05, 3.63) is 89.4 Å². The molecule has 1 aromatic heterocycles. The maximum atomic E-state index is 13.7. The quantitative estimate of drug-likeness (QED) is 0.274. The first-order valence-corrected chi connectivity index (χ1v) is 13.1. The normalized spacial score (nSPS) is 14.7. The molecule has 0 aliphatic heterocycles. The monoisotopic (exact) mass is 522 g/mol. The van der Waals surface area contributed by atoms with Crippen molar-refractivity contribution in [2.24, 2.45) is 5.92 Å². The van der Waals surface area contributed by atoms with Gasteiger partial charge in [0.05, 0.1) is 18.5 Å². The third-order valence-corrected chi connectivity index (χ3v) is 7.65. The lowest BCUT2D eigenvalue weighted by Crippen LogP contribution is -2.56. The molecule has 0 spiro atoms. The van der Waals surface area contributed by atoms with E-state index >= 15 is 0 Å². The highest BCUT2D eigenvalue weighted by atomic mass is 31.1. The number of halogens is 1. The minimum atomic E-state index is -3.07. The van der Waals surface area contributed by atoms with E-state index in [0.29, 0.717) is 17.7 Å². The molecule has 192 valence electrons. The van der Waals surface area contributed by atoms with Gasteiger partial charge in [0, 0.05) is 17.9 Å². The maximum absolute atomic E-state index is 13.7. The van der Waals surface area contributed by atoms with Crippen molar-refractivity contribution < 1.29 is 28.5 Å². The molecule has 0 amide bonds. The van der Waals surface area contributed by atoms with E-state index < -0.39 is 30.6 Å². The summed E-state index contributed by atoms with van der Waals surface area (Å²) in [7, 11) is -1.97. The van der Waals surface area contributed by atoms with Crippen molar-refractivity contribution in [2.75, 3.05) is 7.11 Å². The summed E-state index contributed by atoms with van der Waals surface area (Å²) >= 11 is 0. The van der Waals surface area contributed by atoms with Gasteiger partial charge in [-0.3, -0.25) is 0 Å². The van der Waals surface area contributed by atoms with Crippen molar-refractivity contribution in [1.82, 2.24) is 4.98 Å². The molecular weight excluding hydrogens is 492 g/mol. The average molecular weight is 523 g/mol. The molecule has 37 heavy (non-hydrogen) atoms. The summed E-state index contributed by atoms with van der Waals surface area (Å²) in [5.41, 5.74) is 0.163. The van der Waals surface area contributed by atoms with Crippen LogP contribution in [0.3, 0.4) is 0 Å². The highest BCUT2D eigenvalue weighted by Gasteiger charge is 2.72. The van der Waals surface area contributed by atoms with E-state index in [1.165, 1.54) is 30.3 Å². The number of carboxylic acids is 1. The summed E-state index contributed by atoms with van der Waals surface area (Å²) in [6.07, 6.45) is 0.279. The molecule has 0 aliphatic carbocycles. The van der Waals surface area contributed by atoms with Crippen molar-refractivity contribution in [2.45, 2.75) is 44.4 Å². The van der Waals surface area contributed by atoms with Gasteiger partial charge >= 0.3 is 19.2 Å². The molecule has 3 aromatic rings. The molecule has 8 heteroatoms. The van der Waals surface area contributed by atoms with Gasteiger partial charge in [0.25, 0.3) is 0 Å². The molecule has 3 rings (SSSR count). The SMILES string of the molecule is CCc1ccc(C(O)(Cc2ccc(F)cc2)C(C#CC(C)C)(C(=O)O)[P+](=O)OC)nc1-c1ccccc1. The third-order valence-electron chi connectivity index (χ3n) is 6.09. The van der Waals surface area contributed by atoms with Crippen LogP contribution in [-0.2, 0) is 32.3 Å². The van der Waals surface area contributed by atoms with E-state index in [2.05, 4.69) is 11.8 Å². The molecule has 0 saturated carbocycles. The van der Waals surface area contributed by atoms with Gasteiger partial charge < -0.3 is 10.2 Å². The van der Waals surface area contributed by atoms with Crippen molar-refractivity contribution in [3.8, 4) is 23.1 Å². The number of rotatable bonds is 9. The zero-order valence-electron chi connectivity index (χ0n) is 21.2. The molecule has 2 N–H and O–H groups in total. The summed E-state index contributed by atoms with van der Waals surface area (Å²) in [4.78, 5) is 17.7. The summed E-state index contributed by atoms with van der Waals surface area (Å²) in [5.74, 6) is 3.01.